The maximum absolute atomic E-state index is 9.44. The van der Waals surface area contributed by atoms with Gasteiger partial charge in [-0.2, -0.15) is 10.5 Å². The van der Waals surface area contributed by atoms with Crippen molar-refractivity contribution in [3.05, 3.63) is 71.3 Å². The van der Waals surface area contributed by atoms with Gasteiger partial charge < -0.3 is 14.2 Å². The molecule has 10 nitrogen and oxygen atoms in total. The van der Waals surface area contributed by atoms with Crippen molar-refractivity contribution < 1.29 is 14.2 Å². The first-order valence-electron chi connectivity index (χ1n) is 11.1. The largest absolute Gasteiger partial charge is 0.494 e. The van der Waals surface area contributed by atoms with Crippen LogP contribution in [0.15, 0.2) is 54.6 Å². The van der Waals surface area contributed by atoms with Crippen LogP contribution in [0.1, 0.15) is 16.7 Å². The number of anilines is 1. The van der Waals surface area contributed by atoms with Gasteiger partial charge in [-0.3, -0.25) is 9.29 Å². The molecule has 0 aliphatic carbocycles. The third-order valence-corrected chi connectivity index (χ3v) is 6.18. The summed E-state index contributed by atoms with van der Waals surface area (Å²) in [5.41, 5.74) is 2.98. The Hall–Kier alpha value is -4.74. The molecule has 11 heteroatoms. The average molecular weight is 514 g/mol. The Morgan fingerprint density at radius 1 is 0.919 bits per heavy atom. The minimum absolute atomic E-state index is 0.438. The van der Waals surface area contributed by atoms with Crippen LogP contribution in [-0.2, 0) is 6.42 Å². The van der Waals surface area contributed by atoms with Crippen LogP contribution in [0, 0.1) is 22.7 Å². The minimum atomic E-state index is 0.438. The first-order valence-corrected chi connectivity index (χ1v) is 12.1. The zero-order valence-electron chi connectivity index (χ0n) is 20.4. The van der Waals surface area contributed by atoms with Crippen molar-refractivity contribution in [3.63, 3.8) is 0 Å². The average Bonchev–Trinajstić information content (AvgIpc) is 3.38. The molecule has 0 spiro atoms. The highest BCUT2D eigenvalue weighted by atomic mass is 32.2. The van der Waals surface area contributed by atoms with Crippen molar-refractivity contribution >= 4 is 17.9 Å². The molecular weight excluding hydrogens is 490 g/mol. The molecule has 0 aliphatic heterocycles. The van der Waals surface area contributed by atoms with E-state index in [0.29, 0.717) is 63.8 Å². The minimum Gasteiger partial charge on any atom is -0.494 e. The maximum Gasteiger partial charge on any atom is 0.239 e. The van der Waals surface area contributed by atoms with Crippen LogP contribution in [0.3, 0.4) is 0 Å². The van der Waals surface area contributed by atoms with Crippen molar-refractivity contribution in [2.75, 3.05) is 31.8 Å². The monoisotopic (exact) mass is 513 g/mol. The van der Waals surface area contributed by atoms with E-state index < -0.39 is 0 Å². The summed E-state index contributed by atoms with van der Waals surface area (Å²) < 4.78 is 21.6. The van der Waals surface area contributed by atoms with Crippen LogP contribution in [-0.4, -0.2) is 46.8 Å². The van der Waals surface area contributed by atoms with Gasteiger partial charge in [-0.15, -0.1) is 10.2 Å². The van der Waals surface area contributed by atoms with Crippen molar-refractivity contribution in [2.45, 2.75) is 6.42 Å². The van der Waals surface area contributed by atoms with Crippen LogP contribution in [0.5, 0.6) is 17.4 Å². The molecule has 1 N–H and O–H groups in total. The number of aryl methyl sites for hydroxylation is 1. The number of rotatable bonds is 10. The Labute approximate surface area is 218 Å². The van der Waals surface area contributed by atoms with Gasteiger partial charge in [0, 0.05) is 11.8 Å². The first-order chi connectivity index (χ1) is 18.1. The number of ether oxygens (including phenoxy) is 3. The van der Waals surface area contributed by atoms with E-state index in [1.165, 1.54) is 11.9 Å². The van der Waals surface area contributed by atoms with E-state index in [9.17, 15) is 5.26 Å². The molecule has 0 fully saturated rings. The molecule has 0 bridgehead atoms. The highest BCUT2D eigenvalue weighted by Gasteiger charge is 2.23. The van der Waals surface area contributed by atoms with E-state index in [1.807, 2.05) is 36.4 Å². The lowest BCUT2D eigenvalue weighted by molar-refractivity contribution is 0.391. The summed E-state index contributed by atoms with van der Waals surface area (Å²) in [4.78, 5) is 4.53. The van der Waals surface area contributed by atoms with E-state index >= 15 is 0 Å². The van der Waals surface area contributed by atoms with E-state index in [2.05, 4.69) is 32.0 Å². The van der Waals surface area contributed by atoms with Gasteiger partial charge >= 0.3 is 0 Å². The first kappa shape index (κ1) is 25.4. The van der Waals surface area contributed by atoms with Crippen molar-refractivity contribution in [1.29, 1.82) is 10.5 Å². The molecule has 186 valence electrons. The number of hydrogen-bond donors (Lipinski definition) is 1. The predicted molar refractivity (Wildman–Crippen MR) is 140 cm³/mol. The molecule has 0 unspecified atom stereocenters. The number of pyridine rings is 1. The van der Waals surface area contributed by atoms with E-state index in [4.69, 9.17) is 19.5 Å². The van der Waals surface area contributed by atoms with Gasteiger partial charge in [-0.1, -0.05) is 18.2 Å². The van der Waals surface area contributed by atoms with Gasteiger partial charge in [0.2, 0.25) is 11.8 Å². The molecule has 2 heterocycles. The number of para-hydroxylation sites is 1. The highest BCUT2D eigenvalue weighted by molar-refractivity contribution is 8.00. The zero-order valence-corrected chi connectivity index (χ0v) is 21.2. The molecule has 0 saturated heterocycles. The van der Waals surface area contributed by atoms with Gasteiger partial charge in [0.25, 0.3) is 0 Å². The molecule has 0 amide bonds. The third kappa shape index (κ3) is 5.42. The summed E-state index contributed by atoms with van der Waals surface area (Å²) in [5, 5.41) is 27.3. The standard InChI is InChI=1S/C26H23N7O3S/c1-34-21-7-5-8-22(35-2)24(21)33-25(20-6-4-9-23(29-20)36-3)30-31-26(33)32-37-13-12-18-11-10-17(15-27)14-19(18)16-28/h4-11,14H,12-13H2,1-3H3,(H,31,32). The Bertz CT molecular complexity index is 1470. The Balaban J connectivity index is 1.67. The van der Waals surface area contributed by atoms with E-state index in [0.717, 1.165) is 5.56 Å². The third-order valence-electron chi connectivity index (χ3n) is 5.45. The molecule has 2 aromatic carbocycles. The van der Waals surface area contributed by atoms with Gasteiger partial charge in [-0.05, 0) is 54.3 Å². The van der Waals surface area contributed by atoms with Crippen molar-refractivity contribution in [2.24, 2.45) is 0 Å². The fraction of sp³-hybridized carbons (Fsp3) is 0.192. The second-order valence-electron chi connectivity index (χ2n) is 7.56. The second kappa shape index (κ2) is 11.8. The summed E-state index contributed by atoms with van der Waals surface area (Å²) in [6, 6.07) is 20.2. The van der Waals surface area contributed by atoms with Crippen LogP contribution in [0.4, 0.5) is 5.95 Å². The van der Waals surface area contributed by atoms with Gasteiger partial charge in [0.1, 0.15) is 22.9 Å². The lowest BCUT2D eigenvalue weighted by atomic mass is 10.0. The summed E-state index contributed by atoms with van der Waals surface area (Å²) in [5.74, 6) is 3.10. The van der Waals surface area contributed by atoms with Crippen molar-refractivity contribution in [3.8, 4) is 46.7 Å². The van der Waals surface area contributed by atoms with E-state index in [-0.39, 0.29) is 0 Å². The number of methoxy groups -OCH3 is 3. The summed E-state index contributed by atoms with van der Waals surface area (Å²) in [7, 11) is 4.71. The summed E-state index contributed by atoms with van der Waals surface area (Å²) in [6.45, 7) is 0. The molecule has 2 aromatic heterocycles. The van der Waals surface area contributed by atoms with Gasteiger partial charge in [-0.25, -0.2) is 4.98 Å². The smallest absolute Gasteiger partial charge is 0.239 e. The lowest BCUT2D eigenvalue weighted by Gasteiger charge is -2.17. The molecule has 4 aromatic rings. The van der Waals surface area contributed by atoms with Gasteiger partial charge in [0.05, 0.1) is 44.6 Å². The zero-order chi connectivity index (χ0) is 26.2. The fourth-order valence-electron chi connectivity index (χ4n) is 3.68. The molecule has 0 radical (unpaired) electrons. The molecule has 0 saturated carbocycles. The number of hydrogen-bond acceptors (Lipinski definition) is 10. The Morgan fingerprint density at radius 3 is 2.35 bits per heavy atom. The van der Waals surface area contributed by atoms with Gasteiger partial charge in [0.15, 0.2) is 5.82 Å². The lowest BCUT2D eigenvalue weighted by Crippen LogP contribution is -2.07. The van der Waals surface area contributed by atoms with Crippen molar-refractivity contribution in [1.82, 2.24) is 19.7 Å². The summed E-state index contributed by atoms with van der Waals surface area (Å²) >= 11 is 1.41. The molecule has 4 rings (SSSR count). The topological polar surface area (TPSA) is 131 Å². The number of nitrogens with zero attached hydrogens (tertiary/aromatic N) is 6. The van der Waals surface area contributed by atoms with Crippen LogP contribution in [0.25, 0.3) is 17.2 Å². The highest BCUT2D eigenvalue weighted by Crippen LogP contribution is 2.37. The van der Waals surface area contributed by atoms with E-state index in [1.54, 1.807) is 44.1 Å². The van der Waals surface area contributed by atoms with Crippen LogP contribution in [0.2, 0.25) is 0 Å². The number of aromatic nitrogens is 4. The van der Waals surface area contributed by atoms with Crippen LogP contribution >= 0.6 is 11.9 Å². The Kier molecular flexibility index (Phi) is 8.08. The number of nitrogens with one attached hydrogen (secondary N) is 1. The van der Waals surface area contributed by atoms with Crippen LogP contribution < -0.4 is 18.9 Å². The SMILES string of the molecule is COc1cccc(-c2nnc(NSCCc3ccc(C#N)cc3C#N)n2-c2c(OC)cccc2OC)n1. The predicted octanol–water partition coefficient (Wildman–Crippen LogP) is 4.40. The summed E-state index contributed by atoms with van der Waals surface area (Å²) in [6.07, 6.45) is 0.614. The second-order valence-corrected chi connectivity index (χ2v) is 8.46. The maximum atomic E-state index is 9.44. The fourth-order valence-corrected chi connectivity index (χ4v) is 4.36. The molecular formula is C26H23N7O3S. The molecule has 0 aliphatic rings. The Morgan fingerprint density at radius 2 is 1.68 bits per heavy atom. The normalized spacial score (nSPS) is 10.3. The quantitative estimate of drug-likeness (QED) is 0.240. The molecule has 0 atom stereocenters. The molecule has 37 heavy (non-hydrogen) atoms. The number of nitriles is 2. The number of benzene rings is 2.